The minimum absolute atomic E-state index is 1.14. The van der Waals surface area contributed by atoms with Gasteiger partial charge in [0.25, 0.3) is 0 Å². The van der Waals surface area contributed by atoms with E-state index in [-0.39, 0.29) is 0 Å². The first-order valence-electron chi connectivity index (χ1n) is 2.47. The third kappa shape index (κ3) is 7.44. The van der Waals surface area contributed by atoms with Crippen LogP contribution in [0.3, 0.4) is 0 Å². The molecule has 2 nitrogen and oxygen atoms in total. The molecule has 0 aromatic carbocycles. The summed E-state index contributed by atoms with van der Waals surface area (Å²) in [5.74, 6) is 0. The summed E-state index contributed by atoms with van der Waals surface area (Å²) in [5.41, 5.74) is 0. The molecule has 0 aromatic heterocycles. The Morgan fingerprint density at radius 1 is 1.30 bits per heavy atom. The number of hydrogen-bond acceptors (Lipinski definition) is 2. The average molecular weight is 226 g/mol. The van der Waals surface area contributed by atoms with E-state index in [4.69, 9.17) is 9.59 Å². The molecule has 0 heterocycles. The Morgan fingerprint density at radius 3 is 1.90 bits per heavy atom. The maximum atomic E-state index is 8.00. The van der Waals surface area contributed by atoms with Crippen LogP contribution in [0.2, 0.25) is 0 Å². The van der Waals surface area contributed by atoms with Crippen molar-refractivity contribution in [1.82, 2.24) is 0 Å². The summed E-state index contributed by atoms with van der Waals surface area (Å²) in [7, 11) is 0. The van der Waals surface area contributed by atoms with Gasteiger partial charge in [-0.3, -0.25) is 0 Å². The van der Waals surface area contributed by atoms with Crippen LogP contribution in [0.1, 0.15) is 6.42 Å². The zero-order chi connectivity index (χ0) is 8.41. The predicted molar refractivity (Wildman–Crippen MR) is 36.1 cm³/mol. The van der Waals surface area contributed by atoms with Crippen molar-refractivity contribution < 1.29 is 27.9 Å². The topological polar surface area (TPSA) is 34.1 Å². The van der Waals surface area contributed by atoms with Gasteiger partial charge in [-0.25, -0.2) is 0 Å². The first kappa shape index (κ1) is 12.2. The second kappa shape index (κ2) is 11.3. The Hall–Kier alpha value is -0.557. The summed E-state index contributed by atoms with van der Waals surface area (Å²) in [5, 5.41) is 0. The minimum atomic E-state index is 1.14. The van der Waals surface area contributed by atoms with Crippen LogP contribution < -0.4 is 0 Å². The fourth-order valence-electron chi connectivity index (χ4n) is 0.416. The van der Waals surface area contributed by atoms with Crippen LogP contribution in [-0.4, -0.2) is 13.6 Å². The summed E-state index contributed by atoms with van der Waals surface area (Å²) in [6, 6.07) is 0. The van der Waals surface area contributed by atoms with Gasteiger partial charge >= 0.3 is 47.1 Å². The fourth-order valence-corrected chi connectivity index (χ4v) is 0.788. The van der Waals surface area contributed by atoms with E-state index in [1.807, 2.05) is 13.6 Å². The van der Waals surface area contributed by atoms with Crippen molar-refractivity contribution in [1.29, 1.82) is 0 Å². The van der Waals surface area contributed by atoms with Crippen LogP contribution in [-0.2, 0) is 27.9 Å². The summed E-state index contributed by atoms with van der Waals surface area (Å²) in [6.45, 7) is 4.00. The van der Waals surface area contributed by atoms with Crippen LogP contribution in [0.5, 0.6) is 0 Å². The molecule has 1 aliphatic carbocycles. The number of carbonyl (C=O) groups is 2. The Kier molecular flexibility index (Phi) is 13.7. The van der Waals surface area contributed by atoms with Crippen molar-refractivity contribution in [3.05, 3.63) is 22.4 Å². The van der Waals surface area contributed by atoms with Crippen LogP contribution in [0, 0.1) is 0 Å². The zero-order valence-corrected chi connectivity index (χ0v) is 7.26. The van der Waals surface area contributed by atoms with E-state index in [0.717, 1.165) is 6.42 Å². The summed E-state index contributed by atoms with van der Waals surface area (Å²) >= 11 is 2.59. The van der Waals surface area contributed by atoms with E-state index in [9.17, 15) is 0 Å². The van der Waals surface area contributed by atoms with Crippen LogP contribution in [0.4, 0.5) is 0 Å². The van der Waals surface area contributed by atoms with E-state index in [1.165, 1.54) is 4.17 Å². The second-order valence-corrected chi connectivity index (χ2v) is 2.35. The predicted octanol–water partition coefficient (Wildman–Crippen LogP) is 1.01. The molecule has 0 unspecified atom stereocenters. The molecule has 0 aromatic rings. The van der Waals surface area contributed by atoms with Crippen LogP contribution in [0.15, 0.2) is 22.4 Å². The van der Waals surface area contributed by atoms with Gasteiger partial charge in [0.1, 0.15) is 13.6 Å². The fraction of sp³-hybridized carbons (Fsp3) is 0.143. The quantitative estimate of drug-likeness (QED) is 0.578. The Bertz CT molecular complexity index is 128. The van der Waals surface area contributed by atoms with Gasteiger partial charge in [0, 0.05) is 0 Å². The molecule has 0 spiro atoms. The molecule has 0 fully saturated rings. The molecule has 1 aliphatic rings. The van der Waals surface area contributed by atoms with E-state index in [2.05, 4.69) is 36.5 Å². The molecule has 1 rings (SSSR count). The van der Waals surface area contributed by atoms with Crippen molar-refractivity contribution in [2.45, 2.75) is 6.42 Å². The van der Waals surface area contributed by atoms with Crippen molar-refractivity contribution in [2.75, 3.05) is 0 Å². The summed E-state index contributed by atoms with van der Waals surface area (Å²) < 4.78 is 1.40. The number of carbonyl (C=O) groups excluding carboxylic acids is 2. The van der Waals surface area contributed by atoms with Gasteiger partial charge in [0.05, 0.1) is 0 Å². The third-order valence-electron chi connectivity index (χ3n) is 0.717. The van der Waals surface area contributed by atoms with Crippen molar-refractivity contribution in [2.24, 2.45) is 0 Å². The molecule has 0 radical (unpaired) electrons. The molecule has 0 saturated carbocycles. The molecule has 0 atom stereocenters. The molecule has 10 heavy (non-hydrogen) atoms. The molecule has 0 aliphatic heterocycles. The van der Waals surface area contributed by atoms with E-state index >= 15 is 0 Å². The number of allylic oxidation sites excluding steroid dienone is 4. The normalized spacial score (nSPS) is 11.9. The molecular weight excluding hydrogens is 217 g/mol. The van der Waals surface area contributed by atoms with Crippen molar-refractivity contribution in [3.8, 4) is 0 Å². The Morgan fingerprint density at radius 2 is 1.80 bits per heavy atom. The van der Waals surface area contributed by atoms with E-state index in [0.29, 0.717) is 0 Å². The van der Waals surface area contributed by atoms with Gasteiger partial charge in [-0.05, 0) is 0 Å². The Labute approximate surface area is 70.7 Å². The van der Waals surface area contributed by atoms with Gasteiger partial charge in [-0.2, -0.15) is 0 Å². The number of rotatable bonds is 0. The molecule has 0 N–H and O–H groups in total. The van der Waals surface area contributed by atoms with Crippen LogP contribution in [0.25, 0.3) is 0 Å². The summed E-state index contributed by atoms with van der Waals surface area (Å²) in [6.07, 6.45) is 7.46. The number of hydrogen-bond donors (Lipinski definition) is 0. The molecule has 57 valence electrons. The summed E-state index contributed by atoms with van der Waals surface area (Å²) in [4.78, 5) is 16.0. The van der Waals surface area contributed by atoms with Crippen LogP contribution >= 0.6 is 0 Å². The molecule has 3 heteroatoms. The van der Waals surface area contributed by atoms with Gasteiger partial charge in [0.15, 0.2) is 0 Å². The average Bonchev–Trinajstić information content (AvgIpc) is 2.48. The van der Waals surface area contributed by atoms with Crippen molar-refractivity contribution in [3.63, 3.8) is 0 Å². The monoisotopic (exact) mass is 227 g/mol. The molecule has 0 saturated heterocycles. The van der Waals surface area contributed by atoms with Crippen molar-refractivity contribution >= 4 is 13.6 Å². The van der Waals surface area contributed by atoms with Gasteiger partial charge in [0.2, 0.25) is 0 Å². The van der Waals surface area contributed by atoms with Gasteiger partial charge in [-0.15, -0.1) is 0 Å². The van der Waals surface area contributed by atoms with Gasteiger partial charge in [-0.1, -0.05) is 0 Å². The van der Waals surface area contributed by atoms with Gasteiger partial charge < -0.3 is 9.59 Å². The zero-order valence-electron chi connectivity index (χ0n) is 5.52. The molecule has 0 bridgehead atoms. The maximum absolute atomic E-state index is 8.00. The SMILES string of the molecule is C=O.C=O.[Ru][C]1=CC=CC1. The molecule has 0 amide bonds. The Balaban J connectivity index is 0. The molecular formula is C7H9O2Ru. The van der Waals surface area contributed by atoms with E-state index < -0.39 is 0 Å². The first-order chi connectivity index (χ1) is 4.89. The first-order valence-corrected chi connectivity index (χ1v) is 3.34. The standard InChI is InChI=1S/C5H5.2CH2O.Ru/c1-2-4-5-3-1;2*1-2;/h1-3H,4H2;2*1H2;. The van der Waals surface area contributed by atoms with E-state index in [1.54, 1.807) is 0 Å². The second-order valence-electron chi connectivity index (χ2n) is 1.23. The third-order valence-corrected chi connectivity index (χ3v) is 1.36.